The van der Waals surface area contributed by atoms with Crippen molar-refractivity contribution in [3.8, 4) is 0 Å². The average molecular weight is 188 g/mol. The summed E-state index contributed by atoms with van der Waals surface area (Å²) in [4.78, 5) is 0. The van der Waals surface area contributed by atoms with Gasteiger partial charge in [-0.1, -0.05) is 37.3 Å². The molecular weight excluding hydrogens is 172 g/mol. The van der Waals surface area contributed by atoms with E-state index in [-0.39, 0.29) is 0 Å². The minimum Gasteiger partial charge on any atom is -0.371 e. The molecule has 2 heteroatoms. The molecule has 1 aliphatic heterocycles. The van der Waals surface area contributed by atoms with Gasteiger partial charge in [-0.25, -0.2) is 0 Å². The molecule has 1 saturated heterocycles. The zero-order valence-corrected chi connectivity index (χ0v) is 8.46. The quantitative estimate of drug-likeness (QED) is 0.733. The third-order valence-corrected chi connectivity index (χ3v) is 2.87. The van der Waals surface area contributed by atoms with E-state index in [0.29, 0.717) is 17.8 Å². The summed E-state index contributed by atoms with van der Waals surface area (Å²) in [7, 11) is 0. The van der Waals surface area contributed by atoms with Crippen molar-refractivity contribution in [2.75, 3.05) is 0 Å². The fraction of sp³-hybridized carbons (Fsp3) is 0.417. The minimum absolute atomic E-state index is 0.449. The molecule has 14 heavy (non-hydrogen) atoms. The molecule has 0 radical (unpaired) electrons. The third-order valence-electron chi connectivity index (χ3n) is 2.87. The van der Waals surface area contributed by atoms with Crippen LogP contribution >= 0.6 is 0 Å². The molecule has 2 rings (SSSR count). The molecule has 1 fully saturated rings. The Labute approximate surface area is 84.9 Å². The van der Waals surface area contributed by atoms with Gasteiger partial charge in [-0.3, -0.25) is 5.41 Å². The Kier molecular flexibility index (Phi) is 2.53. The number of amidine groups is 1. The summed E-state index contributed by atoms with van der Waals surface area (Å²) in [6, 6.07) is 10.9. The molecule has 2 nitrogen and oxygen atoms in total. The van der Waals surface area contributed by atoms with E-state index in [1.807, 2.05) is 6.07 Å². The number of benzene rings is 1. The van der Waals surface area contributed by atoms with Crippen molar-refractivity contribution in [3.05, 3.63) is 35.9 Å². The molecular formula is C12H16N2. The van der Waals surface area contributed by atoms with E-state index in [9.17, 15) is 0 Å². The smallest absolute Gasteiger partial charge is 0.0937 e. The SMILES string of the molecule is C[C@H]1CC(=N)N[C@H]1Cc1ccccc1. The van der Waals surface area contributed by atoms with E-state index in [1.165, 1.54) is 5.56 Å². The Balaban J connectivity index is 2.02. The van der Waals surface area contributed by atoms with Gasteiger partial charge in [0.2, 0.25) is 0 Å². The van der Waals surface area contributed by atoms with Crippen LogP contribution in [0.1, 0.15) is 18.9 Å². The summed E-state index contributed by atoms with van der Waals surface area (Å²) in [5.74, 6) is 1.28. The van der Waals surface area contributed by atoms with Gasteiger partial charge in [0.15, 0.2) is 0 Å². The molecule has 0 spiro atoms. The van der Waals surface area contributed by atoms with Crippen LogP contribution in [0.2, 0.25) is 0 Å². The monoisotopic (exact) mass is 188 g/mol. The second-order valence-corrected chi connectivity index (χ2v) is 4.10. The van der Waals surface area contributed by atoms with Gasteiger partial charge in [-0.2, -0.15) is 0 Å². The highest BCUT2D eigenvalue weighted by molar-refractivity contribution is 5.81. The number of hydrogen-bond donors (Lipinski definition) is 2. The molecule has 0 unspecified atom stereocenters. The second-order valence-electron chi connectivity index (χ2n) is 4.10. The lowest BCUT2D eigenvalue weighted by Crippen LogP contribution is -2.29. The van der Waals surface area contributed by atoms with Crippen molar-refractivity contribution in [1.82, 2.24) is 5.32 Å². The van der Waals surface area contributed by atoms with E-state index in [1.54, 1.807) is 0 Å². The topological polar surface area (TPSA) is 35.9 Å². The maximum absolute atomic E-state index is 7.56. The van der Waals surface area contributed by atoms with Crippen molar-refractivity contribution < 1.29 is 0 Å². The van der Waals surface area contributed by atoms with E-state index < -0.39 is 0 Å². The lowest BCUT2D eigenvalue weighted by Gasteiger charge is -2.15. The first-order valence-corrected chi connectivity index (χ1v) is 5.13. The first-order chi connectivity index (χ1) is 6.75. The molecule has 0 aromatic heterocycles. The zero-order valence-electron chi connectivity index (χ0n) is 8.46. The van der Waals surface area contributed by atoms with Crippen molar-refractivity contribution in [1.29, 1.82) is 5.41 Å². The summed E-state index contributed by atoms with van der Waals surface area (Å²) in [5.41, 5.74) is 1.35. The standard InChI is InChI=1S/C12H16N2/c1-9-7-12(13)14-11(9)8-10-5-3-2-4-6-10/h2-6,9,11H,7-8H2,1H3,(H2,13,14)/t9-,11-/m0/s1. The number of nitrogens with one attached hydrogen (secondary N) is 2. The minimum atomic E-state index is 0.449. The maximum atomic E-state index is 7.56. The molecule has 1 aliphatic rings. The summed E-state index contributed by atoms with van der Waals surface area (Å²) < 4.78 is 0. The normalized spacial score (nSPS) is 26.2. The fourth-order valence-electron chi connectivity index (χ4n) is 2.01. The van der Waals surface area contributed by atoms with E-state index >= 15 is 0 Å². The summed E-state index contributed by atoms with van der Waals surface area (Å²) in [6.45, 7) is 2.21. The number of hydrogen-bond acceptors (Lipinski definition) is 1. The Hall–Kier alpha value is -1.31. The second kappa shape index (κ2) is 3.82. The fourth-order valence-corrected chi connectivity index (χ4v) is 2.01. The van der Waals surface area contributed by atoms with Crippen LogP contribution in [-0.2, 0) is 6.42 Å². The van der Waals surface area contributed by atoms with E-state index in [4.69, 9.17) is 5.41 Å². The molecule has 2 N–H and O–H groups in total. The zero-order chi connectivity index (χ0) is 9.97. The average Bonchev–Trinajstić information content (AvgIpc) is 2.47. The highest BCUT2D eigenvalue weighted by Gasteiger charge is 2.26. The third kappa shape index (κ3) is 1.95. The predicted molar refractivity (Wildman–Crippen MR) is 58.6 cm³/mol. The molecule has 0 bridgehead atoms. The Morgan fingerprint density at radius 2 is 2.07 bits per heavy atom. The van der Waals surface area contributed by atoms with Crippen molar-refractivity contribution in [3.63, 3.8) is 0 Å². The molecule has 0 amide bonds. The van der Waals surface area contributed by atoms with Gasteiger partial charge in [0.05, 0.1) is 5.84 Å². The van der Waals surface area contributed by atoms with Crippen LogP contribution < -0.4 is 5.32 Å². The molecule has 0 aliphatic carbocycles. The van der Waals surface area contributed by atoms with Gasteiger partial charge in [0.1, 0.15) is 0 Å². The molecule has 74 valence electrons. The van der Waals surface area contributed by atoms with Crippen molar-refractivity contribution >= 4 is 5.84 Å². The molecule has 0 saturated carbocycles. The van der Waals surface area contributed by atoms with Gasteiger partial charge in [-0.05, 0) is 17.9 Å². The van der Waals surface area contributed by atoms with Gasteiger partial charge in [0, 0.05) is 12.5 Å². The van der Waals surface area contributed by atoms with Gasteiger partial charge in [0.25, 0.3) is 0 Å². The summed E-state index contributed by atoms with van der Waals surface area (Å²) in [5, 5.41) is 10.8. The highest BCUT2D eigenvalue weighted by Crippen LogP contribution is 2.19. The Morgan fingerprint density at radius 3 is 2.64 bits per heavy atom. The van der Waals surface area contributed by atoms with Crippen molar-refractivity contribution in [2.45, 2.75) is 25.8 Å². The molecule has 2 atom stereocenters. The van der Waals surface area contributed by atoms with Gasteiger partial charge < -0.3 is 5.32 Å². The van der Waals surface area contributed by atoms with Crippen LogP contribution in [0.15, 0.2) is 30.3 Å². The van der Waals surface area contributed by atoms with Gasteiger partial charge in [-0.15, -0.1) is 0 Å². The van der Waals surface area contributed by atoms with Crippen LogP contribution in [-0.4, -0.2) is 11.9 Å². The lowest BCUT2D eigenvalue weighted by molar-refractivity contribution is 0.481. The van der Waals surface area contributed by atoms with Crippen molar-refractivity contribution in [2.24, 2.45) is 5.92 Å². The Bertz CT molecular complexity index is 318. The van der Waals surface area contributed by atoms with Crippen LogP contribution in [0.5, 0.6) is 0 Å². The summed E-state index contributed by atoms with van der Waals surface area (Å²) in [6.07, 6.45) is 1.93. The maximum Gasteiger partial charge on any atom is 0.0937 e. The first-order valence-electron chi connectivity index (χ1n) is 5.13. The largest absolute Gasteiger partial charge is 0.371 e. The van der Waals surface area contributed by atoms with Gasteiger partial charge >= 0.3 is 0 Å². The Morgan fingerprint density at radius 1 is 1.36 bits per heavy atom. The van der Waals surface area contributed by atoms with E-state index in [2.05, 4.69) is 36.5 Å². The van der Waals surface area contributed by atoms with Crippen LogP contribution in [0.4, 0.5) is 0 Å². The molecule has 1 aromatic carbocycles. The number of rotatable bonds is 2. The lowest BCUT2D eigenvalue weighted by atomic mass is 9.96. The van der Waals surface area contributed by atoms with Crippen LogP contribution in [0, 0.1) is 11.3 Å². The van der Waals surface area contributed by atoms with Crippen LogP contribution in [0.3, 0.4) is 0 Å². The van der Waals surface area contributed by atoms with Crippen LogP contribution in [0.25, 0.3) is 0 Å². The predicted octanol–water partition coefficient (Wildman–Crippen LogP) is 2.20. The molecule has 1 heterocycles. The highest BCUT2D eigenvalue weighted by atomic mass is 15.0. The summed E-state index contributed by atoms with van der Waals surface area (Å²) >= 11 is 0. The first kappa shape index (κ1) is 9.25. The molecule has 1 aromatic rings. The van der Waals surface area contributed by atoms with E-state index in [0.717, 1.165) is 12.8 Å².